The van der Waals surface area contributed by atoms with Crippen LogP contribution in [0.4, 0.5) is 26.3 Å². The van der Waals surface area contributed by atoms with Gasteiger partial charge in [-0.05, 0) is 28.8 Å². The fourth-order valence-corrected chi connectivity index (χ4v) is 1.90. The lowest BCUT2D eigenvalue weighted by atomic mass is 10.0. The quantitative estimate of drug-likeness (QED) is 0.775. The van der Waals surface area contributed by atoms with Crippen molar-refractivity contribution in [1.82, 2.24) is 0 Å². The summed E-state index contributed by atoms with van der Waals surface area (Å²) >= 11 is 0. The summed E-state index contributed by atoms with van der Waals surface area (Å²) < 4.78 is 74.4. The predicted octanol–water partition coefficient (Wildman–Crippen LogP) is 4.97. The molecule has 0 saturated heterocycles. The zero-order valence-electron chi connectivity index (χ0n) is 10.9. The Morgan fingerprint density at radius 1 is 0.682 bits per heavy atom. The Morgan fingerprint density at radius 3 is 1.45 bits per heavy atom. The van der Waals surface area contributed by atoms with Gasteiger partial charge in [0.05, 0.1) is 5.56 Å². The van der Waals surface area contributed by atoms with Gasteiger partial charge in [0.2, 0.25) is 0 Å². The highest BCUT2D eigenvalue weighted by atomic mass is 19.4. The molecular weight excluding hydrogens is 310 g/mol. The molecule has 2 rings (SSSR count). The van der Waals surface area contributed by atoms with Crippen LogP contribution in [-0.4, -0.2) is 11.3 Å². The van der Waals surface area contributed by atoms with Crippen LogP contribution in [0.1, 0.15) is 17.2 Å². The second-order valence-corrected chi connectivity index (χ2v) is 4.64. The first-order valence-electron chi connectivity index (χ1n) is 6.11. The Labute approximate surface area is 121 Å². The molecule has 1 nitrogen and oxygen atoms in total. The van der Waals surface area contributed by atoms with Gasteiger partial charge >= 0.3 is 12.4 Å². The van der Waals surface area contributed by atoms with E-state index in [-0.39, 0.29) is 5.56 Å². The molecule has 0 aliphatic carbocycles. The Kier molecular flexibility index (Phi) is 4.19. The van der Waals surface area contributed by atoms with Crippen LogP contribution in [0.2, 0.25) is 0 Å². The van der Waals surface area contributed by atoms with Gasteiger partial charge in [-0.15, -0.1) is 0 Å². The molecule has 0 aromatic heterocycles. The van der Waals surface area contributed by atoms with Gasteiger partial charge in [0.25, 0.3) is 0 Å². The standard InChI is InChI=1S/C15H10F6O/c16-14(17,18)12-7-5-10(6-8-12)9-1-3-11(4-2-9)13(22)15(19,20)21/h1-8,13,22H. The van der Waals surface area contributed by atoms with Crippen molar-refractivity contribution in [3.8, 4) is 11.1 Å². The van der Waals surface area contributed by atoms with E-state index < -0.39 is 24.0 Å². The van der Waals surface area contributed by atoms with Crippen molar-refractivity contribution in [2.24, 2.45) is 0 Å². The van der Waals surface area contributed by atoms with Crippen LogP contribution in [0, 0.1) is 0 Å². The van der Waals surface area contributed by atoms with Gasteiger partial charge in [-0.2, -0.15) is 26.3 Å². The van der Waals surface area contributed by atoms with E-state index in [0.717, 1.165) is 24.3 Å². The van der Waals surface area contributed by atoms with Crippen molar-refractivity contribution in [3.63, 3.8) is 0 Å². The lowest BCUT2D eigenvalue weighted by Crippen LogP contribution is -2.19. The van der Waals surface area contributed by atoms with Gasteiger partial charge in [0, 0.05) is 0 Å². The molecule has 0 aliphatic rings. The maximum absolute atomic E-state index is 12.4. The van der Waals surface area contributed by atoms with Crippen LogP contribution in [0.3, 0.4) is 0 Å². The summed E-state index contributed by atoms with van der Waals surface area (Å²) in [7, 11) is 0. The van der Waals surface area contributed by atoms with Gasteiger partial charge in [0.1, 0.15) is 0 Å². The van der Waals surface area contributed by atoms with Crippen LogP contribution in [0.5, 0.6) is 0 Å². The van der Waals surface area contributed by atoms with Crippen molar-refractivity contribution in [2.45, 2.75) is 18.5 Å². The smallest absolute Gasteiger partial charge is 0.379 e. The summed E-state index contributed by atoms with van der Waals surface area (Å²) in [5, 5.41) is 9.09. The van der Waals surface area contributed by atoms with Gasteiger partial charge in [-0.1, -0.05) is 36.4 Å². The van der Waals surface area contributed by atoms with Gasteiger partial charge in [0.15, 0.2) is 6.10 Å². The molecule has 1 N–H and O–H groups in total. The number of aliphatic hydroxyl groups is 1. The molecule has 2 aromatic rings. The molecule has 0 radical (unpaired) electrons. The summed E-state index contributed by atoms with van der Waals surface area (Å²) in [5.74, 6) is 0. The zero-order valence-corrected chi connectivity index (χ0v) is 10.9. The van der Waals surface area contributed by atoms with Crippen molar-refractivity contribution in [1.29, 1.82) is 0 Å². The number of benzene rings is 2. The molecule has 7 heteroatoms. The number of alkyl halides is 6. The van der Waals surface area contributed by atoms with Gasteiger partial charge < -0.3 is 5.11 Å². The molecule has 22 heavy (non-hydrogen) atoms. The Morgan fingerprint density at radius 2 is 1.09 bits per heavy atom. The minimum absolute atomic E-state index is 0.330. The lowest BCUT2D eigenvalue weighted by molar-refractivity contribution is -0.206. The van der Waals surface area contributed by atoms with Crippen molar-refractivity contribution >= 4 is 0 Å². The fourth-order valence-electron chi connectivity index (χ4n) is 1.90. The molecular formula is C15H10F6O. The van der Waals surface area contributed by atoms with E-state index >= 15 is 0 Å². The van der Waals surface area contributed by atoms with E-state index in [4.69, 9.17) is 5.11 Å². The predicted molar refractivity (Wildman–Crippen MR) is 67.9 cm³/mol. The normalized spacial score (nSPS) is 14.0. The number of rotatable bonds is 2. The maximum Gasteiger partial charge on any atom is 0.418 e. The largest absolute Gasteiger partial charge is 0.418 e. The number of aliphatic hydroxyl groups excluding tert-OH is 1. The van der Waals surface area contributed by atoms with E-state index in [2.05, 4.69) is 0 Å². The van der Waals surface area contributed by atoms with Crippen LogP contribution in [-0.2, 0) is 6.18 Å². The molecule has 0 saturated carbocycles. The topological polar surface area (TPSA) is 20.2 Å². The fraction of sp³-hybridized carbons (Fsp3) is 0.200. The molecule has 0 aliphatic heterocycles. The average Bonchev–Trinajstić information content (AvgIpc) is 2.45. The lowest BCUT2D eigenvalue weighted by Gasteiger charge is -2.15. The van der Waals surface area contributed by atoms with E-state index in [1.54, 1.807) is 0 Å². The van der Waals surface area contributed by atoms with E-state index in [9.17, 15) is 26.3 Å². The van der Waals surface area contributed by atoms with Crippen LogP contribution in [0.15, 0.2) is 48.5 Å². The summed E-state index contributed by atoms with van der Waals surface area (Å²) in [6.07, 6.45) is -11.8. The third kappa shape index (κ3) is 3.59. The molecule has 0 amide bonds. The summed E-state index contributed by atoms with van der Waals surface area (Å²) in [5.41, 5.74) is -0.253. The summed E-state index contributed by atoms with van der Waals surface area (Å²) in [6.45, 7) is 0. The second kappa shape index (κ2) is 5.64. The highest BCUT2D eigenvalue weighted by Crippen LogP contribution is 2.34. The van der Waals surface area contributed by atoms with E-state index in [0.29, 0.717) is 11.1 Å². The van der Waals surface area contributed by atoms with Crippen LogP contribution in [0.25, 0.3) is 11.1 Å². The summed E-state index contributed by atoms with van der Waals surface area (Å²) in [6, 6.07) is 9.06. The van der Waals surface area contributed by atoms with Crippen LogP contribution >= 0.6 is 0 Å². The Hall–Kier alpha value is -2.02. The van der Waals surface area contributed by atoms with E-state index in [1.807, 2.05) is 0 Å². The maximum atomic E-state index is 12.4. The molecule has 0 spiro atoms. The second-order valence-electron chi connectivity index (χ2n) is 4.64. The third-order valence-corrected chi connectivity index (χ3v) is 3.08. The number of hydrogen-bond donors (Lipinski definition) is 1. The number of halogens is 6. The van der Waals surface area contributed by atoms with Crippen LogP contribution < -0.4 is 0 Å². The molecule has 0 bridgehead atoms. The summed E-state index contributed by atoms with van der Waals surface area (Å²) in [4.78, 5) is 0. The molecule has 0 fully saturated rings. The van der Waals surface area contributed by atoms with Crippen molar-refractivity contribution in [3.05, 3.63) is 59.7 Å². The molecule has 1 atom stereocenters. The zero-order chi connectivity index (χ0) is 16.5. The molecule has 1 unspecified atom stereocenters. The first kappa shape index (κ1) is 16.4. The molecule has 0 heterocycles. The minimum Gasteiger partial charge on any atom is -0.379 e. The molecule has 118 valence electrons. The first-order chi connectivity index (χ1) is 10.1. The highest BCUT2D eigenvalue weighted by Gasteiger charge is 2.39. The first-order valence-corrected chi connectivity index (χ1v) is 6.11. The monoisotopic (exact) mass is 320 g/mol. The average molecular weight is 320 g/mol. The SMILES string of the molecule is OC(c1ccc(-c2ccc(C(F)(F)F)cc2)cc1)C(F)(F)F. The Balaban J connectivity index is 2.24. The third-order valence-electron chi connectivity index (χ3n) is 3.08. The molecule has 2 aromatic carbocycles. The van der Waals surface area contributed by atoms with Crippen molar-refractivity contribution in [2.75, 3.05) is 0 Å². The van der Waals surface area contributed by atoms with Gasteiger partial charge in [-0.3, -0.25) is 0 Å². The van der Waals surface area contributed by atoms with Crippen molar-refractivity contribution < 1.29 is 31.4 Å². The Bertz CT molecular complexity index is 625. The minimum atomic E-state index is -4.77. The van der Waals surface area contributed by atoms with Gasteiger partial charge in [-0.25, -0.2) is 0 Å². The highest BCUT2D eigenvalue weighted by molar-refractivity contribution is 5.64. The number of hydrogen-bond acceptors (Lipinski definition) is 1. The van der Waals surface area contributed by atoms with E-state index in [1.165, 1.54) is 24.3 Å².